The minimum absolute atomic E-state index is 0.117. The van der Waals surface area contributed by atoms with Crippen molar-refractivity contribution in [2.45, 2.75) is 12.5 Å². The standard InChI is InChI=1S/C18H21ClN2O3S/c1-21(2)15(12-4-7-25-11-12)10-20-18(22)13-8-14(19)17-16(9-13)23-5-3-6-24-17/h4,7-9,11,15H,3,5-6,10H2,1-2H3,(H,20,22). The molecule has 134 valence electrons. The van der Waals surface area contributed by atoms with Gasteiger partial charge in [0.25, 0.3) is 5.91 Å². The van der Waals surface area contributed by atoms with E-state index in [9.17, 15) is 4.79 Å². The van der Waals surface area contributed by atoms with Gasteiger partial charge in [-0.05, 0) is 48.6 Å². The summed E-state index contributed by atoms with van der Waals surface area (Å²) in [7, 11) is 4.00. The molecule has 1 N–H and O–H groups in total. The molecule has 2 heterocycles. The summed E-state index contributed by atoms with van der Waals surface area (Å²) in [6, 6.07) is 5.51. The van der Waals surface area contributed by atoms with Crippen LogP contribution >= 0.6 is 22.9 Å². The predicted octanol–water partition coefficient (Wildman–Crippen LogP) is 3.60. The fraction of sp³-hybridized carbons (Fsp3) is 0.389. The third-order valence-corrected chi connectivity index (χ3v) is 5.05. The zero-order valence-corrected chi connectivity index (χ0v) is 15.8. The Morgan fingerprint density at radius 2 is 2.16 bits per heavy atom. The average Bonchev–Trinajstić information content (AvgIpc) is 2.99. The van der Waals surface area contributed by atoms with E-state index in [1.807, 2.05) is 19.5 Å². The Morgan fingerprint density at radius 3 is 2.88 bits per heavy atom. The zero-order valence-electron chi connectivity index (χ0n) is 14.3. The number of nitrogens with one attached hydrogen (secondary N) is 1. The quantitative estimate of drug-likeness (QED) is 0.861. The molecule has 3 rings (SSSR count). The summed E-state index contributed by atoms with van der Waals surface area (Å²) in [5.74, 6) is 0.858. The summed E-state index contributed by atoms with van der Waals surface area (Å²) in [6.07, 6.45) is 0.789. The number of ether oxygens (including phenoxy) is 2. The Hall–Kier alpha value is -1.76. The molecule has 1 atom stereocenters. The third kappa shape index (κ3) is 4.26. The number of rotatable bonds is 5. The number of benzene rings is 1. The summed E-state index contributed by atoms with van der Waals surface area (Å²) in [5.41, 5.74) is 1.66. The van der Waals surface area contributed by atoms with Crippen LogP contribution in [-0.4, -0.2) is 44.7 Å². The Labute approximate surface area is 156 Å². The number of amides is 1. The normalized spacial score (nSPS) is 14.9. The van der Waals surface area contributed by atoms with Gasteiger partial charge in [-0.3, -0.25) is 4.79 Å². The molecule has 1 aromatic heterocycles. The lowest BCUT2D eigenvalue weighted by atomic mass is 10.1. The van der Waals surface area contributed by atoms with Crippen LogP contribution in [0.2, 0.25) is 5.02 Å². The lowest BCUT2D eigenvalue weighted by Crippen LogP contribution is -2.34. The van der Waals surface area contributed by atoms with Gasteiger partial charge in [-0.2, -0.15) is 11.3 Å². The Bertz CT molecular complexity index is 734. The van der Waals surface area contributed by atoms with Crippen molar-refractivity contribution in [3.05, 3.63) is 45.1 Å². The third-order valence-electron chi connectivity index (χ3n) is 4.07. The Balaban J connectivity index is 1.73. The van der Waals surface area contributed by atoms with Crippen LogP contribution in [0.4, 0.5) is 0 Å². The van der Waals surface area contributed by atoms with Crippen LogP contribution in [0.1, 0.15) is 28.4 Å². The molecule has 1 aliphatic rings. The number of carbonyl (C=O) groups excluding carboxylic acids is 1. The largest absolute Gasteiger partial charge is 0.489 e. The molecule has 0 aliphatic carbocycles. The number of fused-ring (bicyclic) bond motifs is 1. The van der Waals surface area contributed by atoms with E-state index >= 15 is 0 Å². The molecule has 0 saturated heterocycles. The fourth-order valence-electron chi connectivity index (χ4n) is 2.72. The predicted molar refractivity (Wildman–Crippen MR) is 100 cm³/mol. The molecule has 5 nitrogen and oxygen atoms in total. The average molecular weight is 381 g/mol. The molecule has 0 saturated carbocycles. The van der Waals surface area contributed by atoms with E-state index in [0.717, 1.165) is 6.42 Å². The second-order valence-electron chi connectivity index (χ2n) is 6.08. The van der Waals surface area contributed by atoms with Crippen molar-refractivity contribution in [2.24, 2.45) is 0 Å². The molecular formula is C18H21ClN2O3S. The zero-order chi connectivity index (χ0) is 17.8. The highest BCUT2D eigenvalue weighted by atomic mass is 35.5. The molecule has 1 aliphatic heterocycles. The molecule has 2 aromatic rings. The van der Waals surface area contributed by atoms with Crippen LogP contribution in [0.25, 0.3) is 0 Å². The number of thiophene rings is 1. The van der Waals surface area contributed by atoms with Crippen molar-refractivity contribution in [2.75, 3.05) is 33.9 Å². The van der Waals surface area contributed by atoms with Crippen molar-refractivity contribution < 1.29 is 14.3 Å². The number of nitrogens with zero attached hydrogens (tertiary/aromatic N) is 1. The molecule has 1 amide bonds. The first-order valence-corrected chi connectivity index (χ1v) is 9.44. The molecule has 0 bridgehead atoms. The molecule has 0 fully saturated rings. The summed E-state index contributed by atoms with van der Waals surface area (Å²) in [6.45, 7) is 1.62. The van der Waals surface area contributed by atoms with E-state index in [2.05, 4.69) is 21.7 Å². The van der Waals surface area contributed by atoms with Gasteiger partial charge in [0.15, 0.2) is 11.5 Å². The van der Waals surface area contributed by atoms with Gasteiger partial charge in [0, 0.05) is 18.5 Å². The van der Waals surface area contributed by atoms with Gasteiger partial charge in [0.2, 0.25) is 0 Å². The van der Waals surface area contributed by atoms with E-state index in [1.165, 1.54) is 5.56 Å². The van der Waals surface area contributed by atoms with E-state index in [1.54, 1.807) is 23.5 Å². The van der Waals surface area contributed by atoms with Crippen LogP contribution in [0.5, 0.6) is 11.5 Å². The summed E-state index contributed by atoms with van der Waals surface area (Å²) < 4.78 is 11.2. The Kier molecular flexibility index (Phi) is 5.83. The monoisotopic (exact) mass is 380 g/mol. The maximum atomic E-state index is 12.6. The second kappa shape index (κ2) is 8.08. The molecular weight excluding hydrogens is 360 g/mol. The number of hydrogen-bond acceptors (Lipinski definition) is 5. The first kappa shape index (κ1) is 18.0. The van der Waals surface area contributed by atoms with Gasteiger partial charge in [0.1, 0.15) is 0 Å². The minimum atomic E-state index is -0.181. The van der Waals surface area contributed by atoms with Crippen molar-refractivity contribution in [1.29, 1.82) is 0 Å². The highest BCUT2D eigenvalue weighted by Gasteiger charge is 2.20. The van der Waals surface area contributed by atoms with E-state index < -0.39 is 0 Å². The number of halogens is 1. The highest BCUT2D eigenvalue weighted by Crippen LogP contribution is 2.38. The smallest absolute Gasteiger partial charge is 0.251 e. The van der Waals surface area contributed by atoms with Gasteiger partial charge in [-0.15, -0.1) is 0 Å². The van der Waals surface area contributed by atoms with E-state index in [-0.39, 0.29) is 11.9 Å². The first-order valence-electron chi connectivity index (χ1n) is 8.12. The van der Waals surface area contributed by atoms with Crippen molar-refractivity contribution in [1.82, 2.24) is 10.2 Å². The second-order valence-corrected chi connectivity index (χ2v) is 7.27. The summed E-state index contributed by atoms with van der Waals surface area (Å²) >= 11 is 7.91. The van der Waals surface area contributed by atoms with Gasteiger partial charge < -0.3 is 19.7 Å². The van der Waals surface area contributed by atoms with Gasteiger partial charge in [-0.1, -0.05) is 11.6 Å². The van der Waals surface area contributed by atoms with Crippen molar-refractivity contribution in [3.63, 3.8) is 0 Å². The molecule has 0 radical (unpaired) electrons. The number of carbonyl (C=O) groups is 1. The maximum absolute atomic E-state index is 12.6. The van der Waals surface area contributed by atoms with Gasteiger partial charge in [-0.25, -0.2) is 0 Å². The molecule has 1 unspecified atom stereocenters. The fourth-order valence-corrected chi connectivity index (χ4v) is 3.69. The summed E-state index contributed by atoms with van der Waals surface area (Å²) in [4.78, 5) is 14.7. The number of likely N-dealkylation sites (N-methyl/N-ethyl adjacent to an activating group) is 1. The van der Waals surface area contributed by atoms with Crippen LogP contribution < -0.4 is 14.8 Å². The maximum Gasteiger partial charge on any atom is 0.251 e. The molecule has 0 spiro atoms. The SMILES string of the molecule is CN(C)C(CNC(=O)c1cc(Cl)c2c(c1)OCCCO2)c1ccsc1. The highest BCUT2D eigenvalue weighted by molar-refractivity contribution is 7.07. The van der Waals surface area contributed by atoms with Crippen LogP contribution in [0.15, 0.2) is 29.0 Å². The van der Waals surface area contributed by atoms with Gasteiger partial charge in [0.05, 0.1) is 24.3 Å². The summed E-state index contributed by atoms with van der Waals surface area (Å²) in [5, 5.41) is 7.52. The molecule has 25 heavy (non-hydrogen) atoms. The first-order chi connectivity index (χ1) is 12.1. The minimum Gasteiger partial charge on any atom is -0.489 e. The van der Waals surface area contributed by atoms with Gasteiger partial charge >= 0.3 is 0 Å². The van der Waals surface area contributed by atoms with Crippen molar-refractivity contribution >= 4 is 28.8 Å². The van der Waals surface area contributed by atoms with Crippen molar-refractivity contribution in [3.8, 4) is 11.5 Å². The Morgan fingerprint density at radius 1 is 1.36 bits per heavy atom. The lowest BCUT2D eigenvalue weighted by Gasteiger charge is -2.24. The molecule has 7 heteroatoms. The van der Waals surface area contributed by atoms with Crippen LogP contribution in [-0.2, 0) is 0 Å². The topological polar surface area (TPSA) is 50.8 Å². The van der Waals surface area contributed by atoms with Crippen LogP contribution in [0, 0.1) is 0 Å². The van der Waals surface area contributed by atoms with E-state index in [0.29, 0.717) is 41.8 Å². The number of hydrogen-bond donors (Lipinski definition) is 1. The molecule has 1 aromatic carbocycles. The van der Waals surface area contributed by atoms with E-state index in [4.69, 9.17) is 21.1 Å². The lowest BCUT2D eigenvalue weighted by molar-refractivity contribution is 0.0941. The van der Waals surface area contributed by atoms with Crippen LogP contribution in [0.3, 0.4) is 0 Å².